The van der Waals surface area contributed by atoms with Crippen molar-refractivity contribution in [1.82, 2.24) is 0 Å². The Balaban J connectivity index is 4.81. The molecule has 0 bridgehead atoms. The third kappa shape index (κ3) is 6.34. The molecule has 0 fully saturated rings. The summed E-state index contributed by atoms with van der Waals surface area (Å²) < 4.78 is 15.8. The Morgan fingerprint density at radius 1 is 1.35 bits per heavy atom. The predicted octanol–water partition coefficient (Wildman–Crippen LogP) is 3.16. The summed E-state index contributed by atoms with van der Waals surface area (Å²) in [5, 5.41) is 9.52. The van der Waals surface area contributed by atoms with Crippen LogP contribution in [0.1, 0.15) is 34.1 Å². The van der Waals surface area contributed by atoms with Crippen LogP contribution in [0, 0.1) is 0 Å². The van der Waals surface area contributed by atoms with Gasteiger partial charge in [0.2, 0.25) is 0 Å². The molecule has 1 unspecified atom stereocenters. The molecular weight excluding hydrogens is 220 g/mol. The molecule has 4 nitrogen and oxygen atoms in total. The minimum atomic E-state index is -0.645. The van der Waals surface area contributed by atoms with Crippen molar-refractivity contribution in [3.8, 4) is 0 Å². The highest BCUT2D eigenvalue weighted by molar-refractivity contribution is 5.09. The van der Waals surface area contributed by atoms with Crippen LogP contribution in [-0.2, 0) is 14.2 Å². The normalized spacial score (nSPS) is 15.2. The zero-order valence-electron chi connectivity index (χ0n) is 11.4. The van der Waals surface area contributed by atoms with Crippen LogP contribution in [0.4, 0.5) is 0 Å². The predicted molar refractivity (Wildman–Crippen MR) is 67.8 cm³/mol. The van der Waals surface area contributed by atoms with Crippen molar-refractivity contribution in [2.24, 2.45) is 0 Å². The Kier molecular flexibility index (Phi) is 7.66. The van der Waals surface area contributed by atoms with Gasteiger partial charge in [0, 0.05) is 7.11 Å². The molecule has 0 amide bonds. The van der Waals surface area contributed by atoms with Gasteiger partial charge < -0.3 is 19.3 Å². The van der Waals surface area contributed by atoms with Crippen molar-refractivity contribution >= 4 is 0 Å². The zero-order chi connectivity index (χ0) is 13.3. The lowest BCUT2D eigenvalue weighted by atomic mass is 9.99. The summed E-state index contributed by atoms with van der Waals surface area (Å²) in [4.78, 5) is 0. The van der Waals surface area contributed by atoms with Crippen LogP contribution in [-0.4, -0.2) is 31.2 Å². The molecule has 0 aliphatic heterocycles. The van der Waals surface area contributed by atoms with E-state index in [1.165, 1.54) is 6.08 Å². The van der Waals surface area contributed by atoms with E-state index in [0.29, 0.717) is 13.0 Å². The van der Waals surface area contributed by atoms with Crippen molar-refractivity contribution in [1.29, 1.82) is 0 Å². The molecule has 0 aromatic rings. The molecule has 4 heteroatoms. The first kappa shape index (κ1) is 16.0. The van der Waals surface area contributed by atoms with E-state index in [0.717, 1.165) is 5.57 Å². The molecular formula is C13H24O4. The van der Waals surface area contributed by atoms with Gasteiger partial charge in [-0.3, -0.25) is 0 Å². The Labute approximate surface area is 104 Å². The molecule has 0 spiro atoms. The Morgan fingerprint density at radius 2 is 2.00 bits per heavy atom. The van der Waals surface area contributed by atoms with Crippen LogP contribution >= 0.6 is 0 Å². The number of allylic oxidation sites excluding steroid dienone is 2. The van der Waals surface area contributed by atoms with Crippen molar-refractivity contribution in [2.45, 2.75) is 39.7 Å². The summed E-state index contributed by atoms with van der Waals surface area (Å²) in [6.07, 6.45) is 4.17. The molecule has 0 aliphatic carbocycles. The van der Waals surface area contributed by atoms with Gasteiger partial charge in [-0.25, -0.2) is 0 Å². The lowest BCUT2D eigenvalue weighted by Gasteiger charge is -2.30. The first-order valence-electron chi connectivity index (χ1n) is 5.76. The molecule has 0 saturated heterocycles. The maximum absolute atomic E-state index is 9.52. The topological polar surface area (TPSA) is 47.9 Å². The van der Waals surface area contributed by atoms with Crippen molar-refractivity contribution < 1.29 is 19.3 Å². The van der Waals surface area contributed by atoms with E-state index < -0.39 is 5.60 Å². The van der Waals surface area contributed by atoms with E-state index in [4.69, 9.17) is 14.2 Å². The summed E-state index contributed by atoms with van der Waals surface area (Å²) in [5.41, 5.74) is 0.463. The largest absolute Gasteiger partial charge is 0.481 e. The third-order valence-electron chi connectivity index (χ3n) is 2.25. The smallest absolute Gasteiger partial charge is 0.273 e. The zero-order valence-corrected chi connectivity index (χ0v) is 11.4. The van der Waals surface area contributed by atoms with Crippen molar-refractivity contribution in [3.05, 3.63) is 23.7 Å². The SMILES string of the molecule is C/C=C(\O)OC(C=C(C)C)(CC)COCOC. The molecule has 0 rings (SSSR count). The van der Waals surface area contributed by atoms with Crippen LogP contribution < -0.4 is 0 Å². The molecule has 0 aromatic heterocycles. The second kappa shape index (κ2) is 8.14. The fraction of sp³-hybridized carbons (Fsp3) is 0.692. The summed E-state index contributed by atoms with van der Waals surface area (Å²) in [6.45, 7) is 8.21. The van der Waals surface area contributed by atoms with Gasteiger partial charge in [-0.15, -0.1) is 0 Å². The van der Waals surface area contributed by atoms with Gasteiger partial charge in [-0.2, -0.15) is 0 Å². The summed E-state index contributed by atoms with van der Waals surface area (Å²) in [6, 6.07) is 0. The van der Waals surface area contributed by atoms with Gasteiger partial charge in [0.15, 0.2) is 5.60 Å². The van der Waals surface area contributed by atoms with Gasteiger partial charge in [0.05, 0.1) is 6.61 Å². The maximum atomic E-state index is 9.52. The van der Waals surface area contributed by atoms with E-state index in [1.54, 1.807) is 14.0 Å². The number of ether oxygens (including phenoxy) is 3. The Hall–Kier alpha value is -1.00. The third-order valence-corrected chi connectivity index (χ3v) is 2.25. The van der Waals surface area contributed by atoms with Gasteiger partial charge in [0.1, 0.15) is 6.79 Å². The Bertz CT molecular complexity index is 267. The molecule has 100 valence electrons. The molecule has 0 saturated carbocycles. The fourth-order valence-electron chi connectivity index (χ4n) is 1.47. The summed E-state index contributed by atoms with van der Waals surface area (Å²) in [7, 11) is 1.57. The average Bonchev–Trinajstić information content (AvgIpc) is 2.28. The van der Waals surface area contributed by atoms with E-state index in [9.17, 15) is 5.11 Å². The number of rotatable bonds is 8. The maximum Gasteiger partial charge on any atom is 0.273 e. The second-order valence-electron chi connectivity index (χ2n) is 4.12. The number of hydrogen-bond donors (Lipinski definition) is 1. The van der Waals surface area contributed by atoms with Gasteiger partial charge in [-0.1, -0.05) is 12.5 Å². The number of methoxy groups -OCH3 is 1. The monoisotopic (exact) mass is 244 g/mol. The average molecular weight is 244 g/mol. The van der Waals surface area contributed by atoms with Crippen LogP contribution in [0.15, 0.2) is 23.7 Å². The minimum Gasteiger partial charge on any atom is -0.481 e. The molecule has 0 radical (unpaired) electrons. The van der Waals surface area contributed by atoms with E-state index in [2.05, 4.69) is 0 Å². The molecule has 0 heterocycles. The fourth-order valence-corrected chi connectivity index (χ4v) is 1.47. The van der Waals surface area contributed by atoms with Gasteiger partial charge in [0.25, 0.3) is 5.95 Å². The minimum absolute atomic E-state index is 0.0923. The van der Waals surface area contributed by atoms with Crippen LogP contribution in [0.2, 0.25) is 0 Å². The first-order chi connectivity index (χ1) is 7.99. The lowest BCUT2D eigenvalue weighted by Crippen LogP contribution is -2.35. The van der Waals surface area contributed by atoms with Crippen molar-refractivity contribution in [3.63, 3.8) is 0 Å². The summed E-state index contributed by atoms with van der Waals surface area (Å²) >= 11 is 0. The van der Waals surface area contributed by atoms with E-state index >= 15 is 0 Å². The number of aliphatic hydroxyl groups is 1. The molecule has 1 N–H and O–H groups in total. The Morgan fingerprint density at radius 3 is 2.41 bits per heavy atom. The highest BCUT2D eigenvalue weighted by Gasteiger charge is 2.29. The quantitative estimate of drug-likeness (QED) is 0.308. The highest BCUT2D eigenvalue weighted by atomic mass is 16.7. The van der Waals surface area contributed by atoms with Gasteiger partial charge in [-0.05, 0) is 39.3 Å². The van der Waals surface area contributed by atoms with Crippen LogP contribution in [0.25, 0.3) is 0 Å². The van der Waals surface area contributed by atoms with Gasteiger partial charge >= 0.3 is 0 Å². The van der Waals surface area contributed by atoms with Crippen LogP contribution in [0.5, 0.6) is 0 Å². The molecule has 17 heavy (non-hydrogen) atoms. The van der Waals surface area contributed by atoms with E-state index in [1.807, 2.05) is 26.8 Å². The van der Waals surface area contributed by atoms with Crippen molar-refractivity contribution in [2.75, 3.05) is 20.5 Å². The first-order valence-corrected chi connectivity index (χ1v) is 5.76. The highest BCUT2D eigenvalue weighted by Crippen LogP contribution is 2.23. The lowest BCUT2D eigenvalue weighted by molar-refractivity contribution is -0.111. The number of hydrogen-bond acceptors (Lipinski definition) is 4. The number of aliphatic hydroxyl groups excluding tert-OH is 1. The summed E-state index contributed by atoms with van der Waals surface area (Å²) in [5.74, 6) is -0.0923. The van der Waals surface area contributed by atoms with E-state index in [-0.39, 0.29) is 12.7 Å². The standard InChI is InChI=1S/C13H24O4/c1-6-12(14)17-13(7-2,8-11(3)4)9-16-10-15-5/h6,8,14H,7,9-10H2,1-5H3/b12-6+. The molecule has 0 aromatic carbocycles. The molecule has 0 aliphatic rings. The van der Waals surface area contributed by atoms with Crippen LogP contribution in [0.3, 0.4) is 0 Å². The molecule has 1 atom stereocenters. The second-order valence-corrected chi connectivity index (χ2v) is 4.12.